The zero-order valence-corrected chi connectivity index (χ0v) is 12.5. The maximum absolute atomic E-state index is 12.9. The van der Waals surface area contributed by atoms with Crippen molar-refractivity contribution in [2.45, 2.75) is 52.0 Å². The van der Waals surface area contributed by atoms with Crippen LogP contribution in [0.3, 0.4) is 0 Å². The van der Waals surface area contributed by atoms with E-state index in [0.29, 0.717) is 0 Å². The van der Waals surface area contributed by atoms with E-state index >= 15 is 0 Å². The van der Waals surface area contributed by atoms with Gasteiger partial charge in [0, 0.05) is 25.3 Å². The van der Waals surface area contributed by atoms with E-state index in [1.807, 2.05) is 11.0 Å². The van der Waals surface area contributed by atoms with Crippen LogP contribution in [0, 0.1) is 6.92 Å². The number of carbonyl (C=O) groups is 1. The van der Waals surface area contributed by atoms with Gasteiger partial charge >= 0.3 is 0 Å². The van der Waals surface area contributed by atoms with Crippen molar-refractivity contribution in [1.82, 2.24) is 9.47 Å². The molecule has 0 unspecified atom stereocenters. The predicted molar refractivity (Wildman–Crippen MR) is 81.1 cm³/mol. The van der Waals surface area contributed by atoms with Crippen molar-refractivity contribution in [2.75, 3.05) is 13.1 Å². The Hall–Kier alpha value is -1.51. The first kappa shape index (κ1) is 13.5. The zero-order valence-electron chi connectivity index (χ0n) is 12.5. The Balaban J connectivity index is 2.05. The highest BCUT2D eigenvalue weighted by Crippen LogP contribution is 2.31. The molecule has 1 fully saturated rings. The maximum atomic E-state index is 12.9. The molecule has 0 saturated carbocycles. The van der Waals surface area contributed by atoms with Crippen molar-refractivity contribution in [3.63, 3.8) is 0 Å². The van der Waals surface area contributed by atoms with Crippen LogP contribution in [0.15, 0.2) is 12.7 Å². The van der Waals surface area contributed by atoms with Crippen molar-refractivity contribution in [3.05, 3.63) is 35.2 Å². The second-order valence-corrected chi connectivity index (χ2v) is 6.00. The lowest BCUT2D eigenvalue weighted by Crippen LogP contribution is -2.30. The molecule has 20 heavy (non-hydrogen) atoms. The average Bonchev–Trinajstić information content (AvgIpc) is 3.08. The van der Waals surface area contributed by atoms with E-state index in [1.54, 1.807) is 0 Å². The summed E-state index contributed by atoms with van der Waals surface area (Å²) in [4.78, 5) is 14.9. The van der Waals surface area contributed by atoms with E-state index in [0.717, 1.165) is 51.0 Å². The lowest BCUT2D eigenvalue weighted by atomic mass is 9.95. The number of hydrogen-bond acceptors (Lipinski definition) is 1. The van der Waals surface area contributed by atoms with Crippen LogP contribution >= 0.6 is 0 Å². The Labute approximate surface area is 121 Å². The van der Waals surface area contributed by atoms with Crippen LogP contribution in [0.4, 0.5) is 0 Å². The second-order valence-electron chi connectivity index (χ2n) is 6.00. The number of amides is 1. The molecule has 1 aliphatic carbocycles. The third-order valence-electron chi connectivity index (χ3n) is 4.75. The van der Waals surface area contributed by atoms with Crippen LogP contribution in [-0.4, -0.2) is 28.5 Å². The Kier molecular flexibility index (Phi) is 3.68. The molecule has 1 aromatic rings. The van der Waals surface area contributed by atoms with Crippen molar-refractivity contribution in [1.29, 1.82) is 0 Å². The maximum Gasteiger partial charge on any atom is 0.270 e. The first-order valence-electron chi connectivity index (χ1n) is 7.85. The van der Waals surface area contributed by atoms with Gasteiger partial charge in [-0.1, -0.05) is 6.08 Å². The Bertz CT molecular complexity index is 536. The minimum atomic E-state index is 0.233. The first-order valence-corrected chi connectivity index (χ1v) is 7.85. The number of aromatic nitrogens is 1. The van der Waals surface area contributed by atoms with Gasteiger partial charge in [0.25, 0.3) is 5.91 Å². The number of fused-ring (bicyclic) bond motifs is 1. The number of likely N-dealkylation sites (tertiary alicyclic amines) is 1. The standard InChI is InChI=1S/C17H24N2O/c1-3-10-19-15-9-5-4-8-14(15)13(2)16(19)17(20)18-11-6-7-12-18/h3H,1,4-12H2,2H3. The topological polar surface area (TPSA) is 25.2 Å². The van der Waals surface area contributed by atoms with Gasteiger partial charge in [0.1, 0.15) is 5.69 Å². The molecule has 0 atom stereocenters. The summed E-state index contributed by atoms with van der Waals surface area (Å²) in [7, 11) is 0. The number of rotatable bonds is 3. The SMILES string of the molecule is C=CCn1c2c(c(C)c1C(=O)N1CCCC1)CCCC2. The number of allylic oxidation sites excluding steroid dienone is 1. The molecular formula is C17H24N2O. The Morgan fingerprint density at radius 1 is 1.20 bits per heavy atom. The van der Waals surface area contributed by atoms with Crippen LogP contribution in [0.5, 0.6) is 0 Å². The van der Waals surface area contributed by atoms with Crippen molar-refractivity contribution in [3.8, 4) is 0 Å². The minimum Gasteiger partial charge on any atom is -0.337 e. The fraction of sp³-hybridized carbons (Fsp3) is 0.588. The molecule has 0 bridgehead atoms. The molecule has 3 nitrogen and oxygen atoms in total. The summed E-state index contributed by atoms with van der Waals surface area (Å²) in [6.07, 6.45) is 8.94. The molecule has 0 aromatic carbocycles. The van der Waals surface area contributed by atoms with Gasteiger partial charge in [-0.05, 0) is 56.6 Å². The van der Waals surface area contributed by atoms with Gasteiger partial charge in [0.2, 0.25) is 0 Å². The van der Waals surface area contributed by atoms with Crippen molar-refractivity contribution < 1.29 is 4.79 Å². The lowest BCUT2D eigenvalue weighted by Gasteiger charge is -2.19. The summed E-state index contributed by atoms with van der Waals surface area (Å²) >= 11 is 0. The molecule has 2 aliphatic rings. The van der Waals surface area contributed by atoms with Gasteiger partial charge in [-0.25, -0.2) is 0 Å². The van der Waals surface area contributed by atoms with Crippen molar-refractivity contribution >= 4 is 5.91 Å². The van der Waals surface area contributed by atoms with Crippen LogP contribution in [0.25, 0.3) is 0 Å². The lowest BCUT2D eigenvalue weighted by molar-refractivity contribution is 0.0781. The molecule has 108 valence electrons. The highest BCUT2D eigenvalue weighted by Gasteiger charge is 2.29. The molecule has 1 aromatic heterocycles. The average molecular weight is 272 g/mol. The van der Waals surface area contributed by atoms with Gasteiger partial charge < -0.3 is 9.47 Å². The number of nitrogens with zero attached hydrogens (tertiary/aromatic N) is 2. The monoisotopic (exact) mass is 272 g/mol. The minimum absolute atomic E-state index is 0.233. The molecule has 0 radical (unpaired) electrons. The third kappa shape index (κ3) is 2.09. The smallest absolute Gasteiger partial charge is 0.270 e. The fourth-order valence-corrected chi connectivity index (χ4v) is 3.75. The summed E-state index contributed by atoms with van der Waals surface area (Å²) in [5.41, 5.74) is 4.97. The summed E-state index contributed by atoms with van der Waals surface area (Å²) in [6, 6.07) is 0. The van der Waals surface area contributed by atoms with Crippen LogP contribution < -0.4 is 0 Å². The molecule has 1 amide bonds. The van der Waals surface area contributed by atoms with Crippen LogP contribution in [-0.2, 0) is 19.4 Å². The van der Waals surface area contributed by atoms with E-state index in [1.165, 1.54) is 29.7 Å². The highest BCUT2D eigenvalue weighted by atomic mass is 16.2. The second kappa shape index (κ2) is 5.47. The number of hydrogen-bond donors (Lipinski definition) is 0. The molecule has 1 saturated heterocycles. The largest absolute Gasteiger partial charge is 0.337 e. The number of carbonyl (C=O) groups excluding carboxylic acids is 1. The summed E-state index contributed by atoms with van der Waals surface area (Å²) in [5, 5.41) is 0. The van der Waals surface area contributed by atoms with Gasteiger partial charge in [-0.2, -0.15) is 0 Å². The molecular weight excluding hydrogens is 248 g/mol. The first-order chi connectivity index (χ1) is 9.74. The van der Waals surface area contributed by atoms with E-state index in [4.69, 9.17) is 0 Å². The molecule has 1 aliphatic heterocycles. The van der Waals surface area contributed by atoms with E-state index < -0.39 is 0 Å². The summed E-state index contributed by atoms with van der Waals surface area (Å²) in [5.74, 6) is 0.233. The van der Waals surface area contributed by atoms with E-state index in [2.05, 4.69) is 18.1 Å². The highest BCUT2D eigenvalue weighted by molar-refractivity contribution is 5.95. The van der Waals surface area contributed by atoms with Gasteiger partial charge in [-0.15, -0.1) is 6.58 Å². The molecule has 0 N–H and O–H groups in total. The molecule has 0 spiro atoms. The Morgan fingerprint density at radius 2 is 1.90 bits per heavy atom. The van der Waals surface area contributed by atoms with Gasteiger partial charge in [0.15, 0.2) is 0 Å². The zero-order chi connectivity index (χ0) is 14.1. The van der Waals surface area contributed by atoms with Crippen LogP contribution in [0.2, 0.25) is 0 Å². The molecule has 2 heterocycles. The summed E-state index contributed by atoms with van der Waals surface area (Å²) in [6.45, 7) is 8.59. The van der Waals surface area contributed by atoms with E-state index in [-0.39, 0.29) is 5.91 Å². The normalized spacial score (nSPS) is 18.1. The quantitative estimate of drug-likeness (QED) is 0.776. The fourth-order valence-electron chi connectivity index (χ4n) is 3.75. The summed E-state index contributed by atoms with van der Waals surface area (Å²) < 4.78 is 2.23. The Morgan fingerprint density at radius 3 is 2.60 bits per heavy atom. The predicted octanol–water partition coefficient (Wildman–Crippen LogP) is 3.10. The molecule has 3 heteroatoms. The van der Waals surface area contributed by atoms with Gasteiger partial charge in [0.05, 0.1) is 0 Å². The van der Waals surface area contributed by atoms with Crippen molar-refractivity contribution in [2.24, 2.45) is 0 Å². The van der Waals surface area contributed by atoms with Crippen LogP contribution in [0.1, 0.15) is 53.0 Å². The van der Waals surface area contributed by atoms with Gasteiger partial charge in [-0.3, -0.25) is 4.79 Å². The van der Waals surface area contributed by atoms with E-state index in [9.17, 15) is 4.79 Å². The third-order valence-corrected chi connectivity index (χ3v) is 4.75. The molecule has 3 rings (SSSR count).